The lowest BCUT2D eigenvalue weighted by molar-refractivity contribution is -0.156. The van der Waals surface area contributed by atoms with Gasteiger partial charge in [-0.2, -0.15) is 0 Å². The number of hydrogen-bond donors (Lipinski definition) is 1. The Hall–Kier alpha value is -1.59. The largest absolute Gasteiger partial charge is 0.481 e. The van der Waals surface area contributed by atoms with E-state index in [1.54, 1.807) is 0 Å². The van der Waals surface area contributed by atoms with Crippen molar-refractivity contribution in [2.24, 2.45) is 0 Å². The molecule has 0 bridgehead atoms. The molecule has 16 heavy (non-hydrogen) atoms. The van der Waals surface area contributed by atoms with Crippen molar-refractivity contribution in [1.82, 2.24) is 0 Å². The standard InChI is InChI=1S/C10H16O6/c1-7(11)15-6-9(16-8(2)12)4-3-5-10(13)14/h9H,3-6H2,1-2H3,(H,13,14)/t9-/m1/s1. The average molecular weight is 232 g/mol. The van der Waals surface area contributed by atoms with E-state index in [1.165, 1.54) is 13.8 Å². The molecule has 0 aliphatic rings. The van der Waals surface area contributed by atoms with Crippen LogP contribution in [0.4, 0.5) is 0 Å². The molecule has 0 aliphatic heterocycles. The first-order valence-electron chi connectivity index (χ1n) is 4.94. The summed E-state index contributed by atoms with van der Waals surface area (Å²) < 4.78 is 9.57. The van der Waals surface area contributed by atoms with Gasteiger partial charge in [-0.3, -0.25) is 14.4 Å². The molecule has 0 radical (unpaired) electrons. The lowest BCUT2D eigenvalue weighted by Gasteiger charge is -2.15. The Balaban J connectivity index is 3.94. The number of carbonyl (C=O) groups is 3. The van der Waals surface area contributed by atoms with Gasteiger partial charge in [0.05, 0.1) is 0 Å². The van der Waals surface area contributed by atoms with Crippen molar-refractivity contribution in [3.05, 3.63) is 0 Å². The summed E-state index contributed by atoms with van der Waals surface area (Å²) >= 11 is 0. The third-order valence-electron chi connectivity index (χ3n) is 1.72. The second-order valence-electron chi connectivity index (χ2n) is 3.32. The number of aliphatic carboxylic acids is 1. The molecule has 0 fully saturated rings. The van der Waals surface area contributed by atoms with E-state index in [9.17, 15) is 14.4 Å². The molecule has 0 unspecified atom stereocenters. The Kier molecular flexibility index (Phi) is 6.91. The van der Waals surface area contributed by atoms with Crippen molar-refractivity contribution >= 4 is 17.9 Å². The maximum Gasteiger partial charge on any atom is 0.303 e. The zero-order valence-corrected chi connectivity index (χ0v) is 9.39. The van der Waals surface area contributed by atoms with Crippen molar-refractivity contribution in [3.63, 3.8) is 0 Å². The molecule has 0 spiro atoms. The van der Waals surface area contributed by atoms with Crippen molar-refractivity contribution in [2.45, 2.75) is 39.2 Å². The van der Waals surface area contributed by atoms with Gasteiger partial charge in [-0.1, -0.05) is 0 Å². The Morgan fingerprint density at radius 2 is 1.81 bits per heavy atom. The first-order valence-corrected chi connectivity index (χ1v) is 4.94. The van der Waals surface area contributed by atoms with Gasteiger partial charge in [0, 0.05) is 20.3 Å². The lowest BCUT2D eigenvalue weighted by Crippen LogP contribution is -2.23. The molecule has 0 aromatic heterocycles. The lowest BCUT2D eigenvalue weighted by atomic mass is 10.1. The number of ether oxygens (including phenoxy) is 2. The first kappa shape index (κ1) is 14.4. The molecule has 92 valence electrons. The van der Waals surface area contributed by atoms with E-state index < -0.39 is 24.0 Å². The second kappa shape index (κ2) is 7.67. The maximum absolute atomic E-state index is 10.7. The van der Waals surface area contributed by atoms with E-state index in [4.69, 9.17) is 14.6 Å². The molecule has 0 rings (SSSR count). The minimum atomic E-state index is -0.908. The number of hydrogen-bond acceptors (Lipinski definition) is 5. The maximum atomic E-state index is 10.7. The second-order valence-corrected chi connectivity index (χ2v) is 3.32. The fourth-order valence-electron chi connectivity index (χ4n) is 1.10. The summed E-state index contributed by atoms with van der Waals surface area (Å²) in [5.74, 6) is -1.85. The van der Waals surface area contributed by atoms with Gasteiger partial charge < -0.3 is 14.6 Å². The van der Waals surface area contributed by atoms with E-state index in [0.717, 1.165) is 0 Å². The van der Waals surface area contributed by atoms with Gasteiger partial charge in [0.2, 0.25) is 0 Å². The van der Waals surface area contributed by atoms with Crippen LogP contribution in [-0.4, -0.2) is 35.7 Å². The first-order chi connectivity index (χ1) is 7.41. The highest BCUT2D eigenvalue weighted by Gasteiger charge is 2.14. The van der Waals surface area contributed by atoms with Crippen molar-refractivity contribution in [3.8, 4) is 0 Å². The molecule has 1 N–H and O–H groups in total. The molecule has 0 saturated heterocycles. The van der Waals surface area contributed by atoms with Crippen LogP contribution in [0.3, 0.4) is 0 Å². The molecule has 0 aliphatic carbocycles. The fourth-order valence-corrected chi connectivity index (χ4v) is 1.10. The third-order valence-corrected chi connectivity index (χ3v) is 1.72. The zero-order valence-electron chi connectivity index (χ0n) is 9.39. The predicted molar refractivity (Wildman–Crippen MR) is 53.7 cm³/mol. The predicted octanol–water partition coefficient (Wildman–Crippen LogP) is 0.736. The monoisotopic (exact) mass is 232 g/mol. The fraction of sp³-hybridized carbons (Fsp3) is 0.700. The highest BCUT2D eigenvalue weighted by molar-refractivity contribution is 5.67. The normalized spacial score (nSPS) is 11.6. The number of carboxylic acids is 1. The van der Waals surface area contributed by atoms with E-state index >= 15 is 0 Å². The smallest absolute Gasteiger partial charge is 0.303 e. The minimum absolute atomic E-state index is 0.00215. The van der Waals surface area contributed by atoms with E-state index in [-0.39, 0.29) is 13.0 Å². The Labute approximate surface area is 93.5 Å². The highest BCUT2D eigenvalue weighted by atomic mass is 16.6. The summed E-state index contributed by atoms with van der Waals surface area (Å²) in [7, 11) is 0. The molecule has 6 nitrogen and oxygen atoms in total. The van der Waals surface area contributed by atoms with Crippen molar-refractivity contribution < 1.29 is 29.0 Å². The summed E-state index contributed by atoms with van der Waals surface area (Å²) in [6, 6.07) is 0. The Morgan fingerprint density at radius 3 is 2.25 bits per heavy atom. The van der Waals surface area contributed by atoms with Gasteiger partial charge >= 0.3 is 17.9 Å². The molecule has 0 heterocycles. The van der Waals surface area contributed by atoms with E-state index in [0.29, 0.717) is 12.8 Å². The van der Waals surface area contributed by atoms with Gasteiger partial charge in [0.25, 0.3) is 0 Å². The van der Waals surface area contributed by atoms with Crippen LogP contribution in [-0.2, 0) is 23.9 Å². The molecule has 0 aromatic carbocycles. The molecule has 0 saturated carbocycles. The molecular formula is C10H16O6. The molecule has 6 heteroatoms. The van der Waals surface area contributed by atoms with Gasteiger partial charge in [-0.15, -0.1) is 0 Å². The minimum Gasteiger partial charge on any atom is -0.481 e. The third kappa shape index (κ3) is 8.98. The van der Waals surface area contributed by atoms with Crippen LogP contribution in [0.5, 0.6) is 0 Å². The van der Waals surface area contributed by atoms with Crippen LogP contribution in [0.15, 0.2) is 0 Å². The number of carboxylic acid groups (broad SMARTS) is 1. The van der Waals surface area contributed by atoms with Crippen LogP contribution >= 0.6 is 0 Å². The van der Waals surface area contributed by atoms with E-state index in [2.05, 4.69) is 0 Å². The van der Waals surface area contributed by atoms with Crippen LogP contribution in [0.1, 0.15) is 33.1 Å². The van der Waals surface area contributed by atoms with Crippen LogP contribution in [0, 0.1) is 0 Å². The quantitative estimate of drug-likeness (QED) is 0.651. The summed E-state index contributed by atoms with van der Waals surface area (Å²) in [4.78, 5) is 31.6. The number of esters is 2. The SMILES string of the molecule is CC(=O)OC[C@@H](CCCC(=O)O)OC(C)=O. The van der Waals surface area contributed by atoms with Gasteiger partial charge in [0.1, 0.15) is 12.7 Å². The summed E-state index contributed by atoms with van der Waals surface area (Å²) in [5.41, 5.74) is 0. The van der Waals surface area contributed by atoms with E-state index in [1.807, 2.05) is 0 Å². The molecule has 0 amide bonds. The van der Waals surface area contributed by atoms with Crippen LogP contribution in [0.25, 0.3) is 0 Å². The molecule has 0 aromatic rings. The summed E-state index contributed by atoms with van der Waals surface area (Å²) in [6.07, 6.45) is 0.159. The number of rotatable bonds is 7. The van der Waals surface area contributed by atoms with Crippen molar-refractivity contribution in [1.29, 1.82) is 0 Å². The van der Waals surface area contributed by atoms with Crippen LogP contribution < -0.4 is 0 Å². The molecule has 1 atom stereocenters. The Morgan fingerprint density at radius 1 is 1.19 bits per heavy atom. The highest BCUT2D eigenvalue weighted by Crippen LogP contribution is 2.06. The molecular weight excluding hydrogens is 216 g/mol. The van der Waals surface area contributed by atoms with Gasteiger partial charge in [-0.05, 0) is 12.8 Å². The summed E-state index contributed by atoms with van der Waals surface area (Å²) in [5, 5.41) is 8.43. The van der Waals surface area contributed by atoms with Gasteiger partial charge in [-0.25, -0.2) is 0 Å². The topological polar surface area (TPSA) is 89.9 Å². The average Bonchev–Trinajstić information content (AvgIpc) is 2.12. The number of carbonyl (C=O) groups excluding carboxylic acids is 2. The Bertz CT molecular complexity index is 260. The van der Waals surface area contributed by atoms with Crippen LogP contribution in [0.2, 0.25) is 0 Å². The zero-order chi connectivity index (χ0) is 12.6. The summed E-state index contributed by atoms with van der Waals surface area (Å²) in [6.45, 7) is 2.47. The van der Waals surface area contributed by atoms with Gasteiger partial charge in [0.15, 0.2) is 0 Å². The van der Waals surface area contributed by atoms with Crippen molar-refractivity contribution in [2.75, 3.05) is 6.61 Å².